The summed E-state index contributed by atoms with van der Waals surface area (Å²) in [5.74, 6) is 0.936. The molecular formula is C17H22N6O. The van der Waals surface area contributed by atoms with E-state index in [0.717, 1.165) is 41.6 Å². The molecule has 0 aromatic rings. The van der Waals surface area contributed by atoms with Crippen LogP contribution in [0.2, 0.25) is 0 Å². The Hall–Kier alpha value is -2.09. The van der Waals surface area contributed by atoms with E-state index >= 15 is 0 Å². The summed E-state index contributed by atoms with van der Waals surface area (Å²) in [5, 5.41) is 23.8. The van der Waals surface area contributed by atoms with Crippen molar-refractivity contribution in [2.75, 3.05) is 13.1 Å². The minimum absolute atomic E-state index is 0.0680. The normalized spacial score (nSPS) is 36.5. The van der Waals surface area contributed by atoms with Crippen molar-refractivity contribution in [3.05, 3.63) is 46.1 Å². The summed E-state index contributed by atoms with van der Waals surface area (Å²) in [7, 11) is 0. The second-order valence-electron chi connectivity index (χ2n) is 7.17. The summed E-state index contributed by atoms with van der Waals surface area (Å²) in [6, 6.07) is 0. The lowest BCUT2D eigenvalue weighted by Gasteiger charge is -2.47. The first-order valence-electron chi connectivity index (χ1n) is 8.42. The summed E-state index contributed by atoms with van der Waals surface area (Å²) < 4.78 is 0. The smallest absolute Gasteiger partial charge is 0.148 e. The molecule has 0 aromatic carbocycles. The molecule has 5 aliphatic heterocycles. The minimum Gasteiger partial charge on any atom is -0.373 e. The largest absolute Gasteiger partial charge is 0.373 e. The van der Waals surface area contributed by atoms with Crippen molar-refractivity contribution < 1.29 is 5.11 Å². The highest BCUT2D eigenvalue weighted by Gasteiger charge is 2.53. The molecule has 0 bridgehead atoms. The van der Waals surface area contributed by atoms with E-state index in [2.05, 4.69) is 52.2 Å². The Kier molecular flexibility index (Phi) is 2.68. The molecule has 0 amide bonds. The SMILES string of the molecule is CC1=C2C(O)NC3(C)C=C(C(NC4=NC(C)NC5=C4CNC5)=C1)N23. The van der Waals surface area contributed by atoms with Crippen LogP contribution in [0.15, 0.2) is 51.1 Å². The monoisotopic (exact) mass is 326 g/mol. The van der Waals surface area contributed by atoms with Crippen LogP contribution >= 0.6 is 0 Å². The molecule has 7 heteroatoms. The van der Waals surface area contributed by atoms with Crippen LogP contribution in [0.4, 0.5) is 0 Å². The van der Waals surface area contributed by atoms with Crippen molar-refractivity contribution in [2.45, 2.75) is 38.8 Å². The van der Waals surface area contributed by atoms with Crippen molar-refractivity contribution in [1.29, 1.82) is 0 Å². The van der Waals surface area contributed by atoms with E-state index in [0.29, 0.717) is 0 Å². The second kappa shape index (κ2) is 4.50. The number of amidine groups is 1. The molecular weight excluding hydrogens is 304 g/mol. The van der Waals surface area contributed by atoms with Gasteiger partial charge in [-0.25, -0.2) is 4.99 Å². The zero-order valence-corrected chi connectivity index (χ0v) is 14.1. The van der Waals surface area contributed by atoms with Crippen LogP contribution in [0, 0.1) is 0 Å². The lowest BCUT2D eigenvalue weighted by atomic mass is 9.93. The van der Waals surface area contributed by atoms with Gasteiger partial charge < -0.3 is 26.0 Å². The molecule has 0 saturated carbocycles. The van der Waals surface area contributed by atoms with E-state index in [1.165, 1.54) is 11.3 Å². The molecule has 5 rings (SSSR count). The molecule has 0 aliphatic carbocycles. The van der Waals surface area contributed by atoms with Gasteiger partial charge >= 0.3 is 0 Å². The molecule has 7 nitrogen and oxygen atoms in total. The zero-order chi connectivity index (χ0) is 16.6. The Labute approximate surface area is 140 Å². The van der Waals surface area contributed by atoms with Gasteiger partial charge in [-0.3, -0.25) is 5.32 Å². The maximum Gasteiger partial charge on any atom is 0.148 e. The fourth-order valence-corrected chi connectivity index (χ4v) is 4.27. The van der Waals surface area contributed by atoms with Crippen LogP contribution in [0.3, 0.4) is 0 Å². The van der Waals surface area contributed by atoms with Crippen LogP contribution in [0.5, 0.6) is 0 Å². The molecule has 3 unspecified atom stereocenters. The first kappa shape index (κ1) is 14.3. The lowest BCUT2D eigenvalue weighted by Crippen LogP contribution is -2.56. The highest BCUT2D eigenvalue weighted by Crippen LogP contribution is 2.47. The third-order valence-electron chi connectivity index (χ3n) is 5.31. The van der Waals surface area contributed by atoms with Gasteiger partial charge in [0.2, 0.25) is 0 Å². The number of rotatable bonds is 1. The Balaban J connectivity index is 1.52. The first-order chi connectivity index (χ1) is 11.5. The molecule has 3 atom stereocenters. The highest BCUT2D eigenvalue weighted by atomic mass is 16.3. The van der Waals surface area contributed by atoms with E-state index in [-0.39, 0.29) is 11.8 Å². The third kappa shape index (κ3) is 1.74. The predicted octanol–water partition coefficient (Wildman–Crippen LogP) is -0.210. The zero-order valence-electron chi connectivity index (χ0n) is 14.1. The molecule has 0 radical (unpaired) electrons. The molecule has 0 spiro atoms. The molecule has 24 heavy (non-hydrogen) atoms. The Morgan fingerprint density at radius 2 is 2.25 bits per heavy atom. The predicted molar refractivity (Wildman–Crippen MR) is 91.3 cm³/mol. The first-order valence-corrected chi connectivity index (χ1v) is 8.42. The van der Waals surface area contributed by atoms with Gasteiger partial charge in [0.05, 0.1) is 17.1 Å². The fraction of sp³-hybridized carbons (Fsp3) is 0.471. The van der Waals surface area contributed by atoms with Crippen LogP contribution in [0.1, 0.15) is 20.8 Å². The number of nitrogens with one attached hydrogen (secondary N) is 4. The van der Waals surface area contributed by atoms with Gasteiger partial charge in [-0.2, -0.15) is 0 Å². The summed E-state index contributed by atoms with van der Waals surface area (Å²) in [6.45, 7) is 7.87. The molecule has 5 aliphatic rings. The van der Waals surface area contributed by atoms with Crippen molar-refractivity contribution in [1.82, 2.24) is 26.2 Å². The van der Waals surface area contributed by atoms with Crippen molar-refractivity contribution in [2.24, 2.45) is 4.99 Å². The third-order valence-corrected chi connectivity index (χ3v) is 5.31. The highest BCUT2D eigenvalue weighted by molar-refractivity contribution is 6.02. The summed E-state index contributed by atoms with van der Waals surface area (Å²) >= 11 is 0. The van der Waals surface area contributed by atoms with Crippen LogP contribution in [-0.2, 0) is 0 Å². The molecule has 126 valence electrons. The van der Waals surface area contributed by atoms with Gasteiger partial charge in [-0.1, -0.05) is 0 Å². The van der Waals surface area contributed by atoms with Crippen molar-refractivity contribution in [3.63, 3.8) is 0 Å². The summed E-state index contributed by atoms with van der Waals surface area (Å²) in [4.78, 5) is 6.93. The second-order valence-corrected chi connectivity index (χ2v) is 7.17. The average Bonchev–Trinajstić information content (AvgIpc) is 3.04. The fourth-order valence-electron chi connectivity index (χ4n) is 4.27. The summed E-state index contributed by atoms with van der Waals surface area (Å²) in [5.41, 5.74) is 6.30. The van der Waals surface area contributed by atoms with Crippen molar-refractivity contribution >= 4 is 5.84 Å². The molecule has 1 fully saturated rings. The molecule has 1 saturated heterocycles. The minimum atomic E-state index is -0.619. The lowest BCUT2D eigenvalue weighted by molar-refractivity contribution is 0.164. The number of aliphatic hydroxyl groups is 1. The van der Waals surface area contributed by atoms with Gasteiger partial charge in [-0.15, -0.1) is 0 Å². The standard InChI is InChI=1S/C17H22N6O/c1-8-4-11(13-5-17(3)22-16(24)14(8)23(13)17)21-15-10-6-18-7-12(10)19-9(2)20-15/h4-5,9,16,18-19,22,24H,6-7H2,1-3H3,(H,20,21). The van der Waals surface area contributed by atoms with Gasteiger partial charge in [0.1, 0.15) is 23.9 Å². The van der Waals surface area contributed by atoms with Gasteiger partial charge in [0.15, 0.2) is 0 Å². The quantitative estimate of drug-likeness (QED) is 0.459. The van der Waals surface area contributed by atoms with E-state index in [1.807, 2.05) is 6.92 Å². The molecule has 5 N–H and O–H groups in total. The number of aliphatic imine (C=N–C) groups is 1. The van der Waals surface area contributed by atoms with Crippen LogP contribution in [0.25, 0.3) is 0 Å². The number of hydrogen-bond acceptors (Lipinski definition) is 7. The number of hydrogen-bond donors (Lipinski definition) is 5. The molecule has 0 aromatic heterocycles. The number of aliphatic hydroxyl groups excluding tert-OH is 1. The van der Waals surface area contributed by atoms with Gasteiger partial charge in [-0.05, 0) is 38.5 Å². The van der Waals surface area contributed by atoms with E-state index in [1.54, 1.807) is 0 Å². The van der Waals surface area contributed by atoms with Crippen LogP contribution in [-0.4, -0.2) is 47.0 Å². The maximum atomic E-state index is 10.3. The molecule has 5 heterocycles. The van der Waals surface area contributed by atoms with E-state index in [9.17, 15) is 5.11 Å². The van der Waals surface area contributed by atoms with E-state index in [4.69, 9.17) is 4.99 Å². The van der Waals surface area contributed by atoms with Crippen molar-refractivity contribution in [3.8, 4) is 0 Å². The summed E-state index contributed by atoms with van der Waals surface area (Å²) in [6.07, 6.45) is 3.71. The van der Waals surface area contributed by atoms with Gasteiger partial charge in [0.25, 0.3) is 0 Å². The Morgan fingerprint density at radius 1 is 1.42 bits per heavy atom. The maximum absolute atomic E-state index is 10.3. The average molecular weight is 326 g/mol. The van der Waals surface area contributed by atoms with Crippen LogP contribution < -0.4 is 21.3 Å². The Morgan fingerprint density at radius 3 is 3.08 bits per heavy atom. The number of allylic oxidation sites excluding steroid dienone is 2. The van der Waals surface area contributed by atoms with E-state index < -0.39 is 6.23 Å². The number of nitrogens with zero attached hydrogens (tertiary/aromatic N) is 2. The Bertz CT molecular complexity index is 804. The topological polar surface area (TPSA) is 83.9 Å². The van der Waals surface area contributed by atoms with Gasteiger partial charge in [0, 0.05) is 24.4 Å².